The average molecular weight is 444 g/mol. The molecule has 1 saturated heterocycles. The van der Waals surface area contributed by atoms with Crippen molar-refractivity contribution in [2.24, 2.45) is 0 Å². The molecule has 5 rings (SSSR count). The summed E-state index contributed by atoms with van der Waals surface area (Å²) in [6.45, 7) is 1.77. The van der Waals surface area contributed by atoms with Crippen molar-refractivity contribution in [2.75, 3.05) is 39.2 Å². The van der Waals surface area contributed by atoms with Crippen molar-refractivity contribution in [1.29, 1.82) is 0 Å². The highest BCUT2D eigenvalue weighted by Gasteiger charge is 2.28. The minimum atomic E-state index is -0.275. The van der Waals surface area contributed by atoms with Crippen molar-refractivity contribution in [1.82, 2.24) is 19.9 Å². The summed E-state index contributed by atoms with van der Waals surface area (Å²) in [5.41, 5.74) is 3.22. The van der Waals surface area contributed by atoms with E-state index in [1.807, 2.05) is 30.3 Å². The van der Waals surface area contributed by atoms with E-state index in [4.69, 9.17) is 14.7 Å². The molecule has 2 aromatic heterocycles. The standard InChI is InChI=1S/C26H26FN5O/c1-31(2)21-9-11-32(16-21)26-22-13-19(17-6-4-8-20(27)12-17)14-23(33-3)24(22)29-25(30-26)18-7-5-10-28-15-18/h4-8,10,12-15,21H,9,11,16H2,1-3H3. The van der Waals surface area contributed by atoms with E-state index in [-0.39, 0.29) is 5.82 Å². The van der Waals surface area contributed by atoms with Crippen LogP contribution in [0.1, 0.15) is 6.42 Å². The number of anilines is 1. The van der Waals surface area contributed by atoms with Crippen molar-refractivity contribution in [3.63, 3.8) is 0 Å². The monoisotopic (exact) mass is 443 g/mol. The van der Waals surface area contributed by atoms with E-state index in [0.29, 0.717) is 17.6 Å². The number of methoxy groups -OCH3 is 1. The van der Waals surface area contributed by atoms with Gasteiger partial charge in [0, 0.05) is 42.5 Å². The maximum Gasteiger partial charge on any atom is 0.163 e. The van der Waals surface area contributed by atoms with Crippen LogP contribution in [-0.2, 0) is 0 Å². The third kappa shape index (κ3) is 4.12. The maximum absolute atomic E-state index is 14.0. The second kappa shape index (κ2) is 8.75. The predicted molar refractivity (Wildman–Crippen MR) is 129 cm³/mol. The summed E-state index contributed by atoms with van der Waals surface area (Å²) in [7, 11) is 5.85. The molecule has 0 amide bonds. The highest BCUT2D eigenvalue weighted by atomic mass is 19.1. The molecular weight excluding hydrogens is 417 g/mol. The van der Waals surface area contributed by atoms with Crippen molar-refractivity contribution in [3.8, 4) is 28.3 Å². The first kappa shape index (κ1) is 21.3. The fourth-order valence-electron chi connectivity index (χ4n) is 4.40. The summed E-state index contributed by atoms with van der Waals surface area (Å²) in [6, 6.07) is 14.8. The molecular formula is C26H26FN5O. The number of hydrogen-bond donors (Lipinski definition) is 0. The molecule has 0 aliphatic carbocycles. The van der Waals surface area contributed by atoms with Crippen LogP contribution in [-0.4, -0.2) is 60.2 Å². The molecule has 0 saturated carbocycles. The Balaban J connectivity index is 1.74. The molecule has 4 aromatic rings. The Morgan fingerprint density at radius 1 is 1.03 bits per heavy atom. The summed E-state index contributed by atoms with van der Waals surface area (Å²) >= 11 is 0. The first-order valence-electron chi connectivity index (χ1n) is 11.0. The third-order valence-corrected chi connectivity index (χ3v) is 6.24. The molecule has 0 N–H and O–H groups in total. The number of pyridine rings is 1. The number of nitrogens with zero attached hydrogens (tertiary/aromatic N) is 5. The zero-order chi connectivity index (χ0) is 22.9. The van der Waals surface area contributed by atoms with Crippen molar-refractivity contribution in [2.45, 2.75) is 12.5 Å². The van der Waals surface area contributed by atoms with Gasteiger partial charge in [0.2, 0.25) is 0 Å². The average Bonchev–Trinajstić information content (AvgIpc) is 3.34. The molecule has 7 heteroatoms. The van der Waals surface area contributed by atoms with E-state index < -0.39 is 0 Å². The zero-order valence-corrected chi connectivity index (χ0v) is 19.0. The normalized spacial score (nSPS) is 16.0. The molecule has 168 valence electrons. The summed E-state index contributed by atoms with van der Waals surface area (Å²) in [5, 5.41) is 0.889. The first-order chi connectivity index (χ1) is 16.0. The van der Waals surface area contributed by atoms with Gasteiger partial charge in [-0.05, 0) is 68.0 Å². The van der Waals surface area contributed by atoms with Gasteiger partial charge in [-0.15, -0.1) is 0 Å². The van der Waals surface area contributed by atoms with Gasteiger partial charge in [0.1, 0.15) is 22.9 Å². The van der Waals surface area contributed by atoms with E-state index in [1.54, 1.807) is 25.6 Å². The van der Waals surface area contributed by atoms with E-state index in [1.165, 1.54) is 12.1 Å². The highest BCUT2D eigenvalue weighted by molar-refractivity contribution is 5.98. The van der Waals surface area contributed by atoms with E-state index in [9.17, 15) is 4.39 Å². The Morgan fingerprint density at radius 3 is 2.58 bits per heavy atom. The van der Waals surface area contributed by atoms with Gasteiger partial charge in [0.05, 0.1) is 7.11 Å². The van der Waals surface area contributed by atoms with Crippen LogP contribution in [0.4, 0.5) is 10.2 Å². The molecule has 33 heavy (non-hydrogen) atoms. The summed E-state index contributed by atoms with van der Waals surface area (Å²) in [4.78, 5) is 18.7. The number of fused-ring (bicyclic) bond motifs is 1. The smallest absolute Gasteiger partial charge is 0.163 e. The topological polar surface area (TPSA) is 54.4 Å². The van der Waals surface area contributed by atoms with Crippen LogP contribution in [0.2, 0.25) is 0 Å². The molecule has 3 heterocycles. The van der Waals surface area contributed by atoms with Gasteiger partial charge in [0.25, 0.3) is 0 Å². The largest absolute Gasteiger partial charge is 0.494 e. The molecule has 0 bridgehead atoms. The van der Waals surface area contributed by atoms with Gasteiger partial charge >= 0.3 is 0 Å². The fraction of sp³-hybridized carbons (Fsp3) is 0.269. The molecule has 1 aliphatic heterocycles. The summed E-state index contributed by atoms with van der Waals surface area (Å²) in [5.74, 6) is 1.82. The van der Waals surface area contributed by atoms with Crippen molar-refractivity contribution < 1.29 is 9.13 Å². The van der Waals surface area contributed by atoms with Gasteiger partial charge in [0.15, 0.2) is 5.82 Å². The van der Waals surface area contributed by atoms with Crippen LogP contribution in [0.25, 0.3) is 33.4 Å². The Kier molecular flexibility index (Phi) is 5.64. The van der Waals surface area contributed by atoms with Crippen LogP contribution >= 0.6 is 0 Å². The Labute approximate surface area is 192 Å². The van der Waals surface area contributed by atoms with Gasteiger partial charge in [-0.2, -0.15) is 0 Å². The lowest BCUT2D eigenvalue weighted by atomic mass is 10.0. The lowest BCUT2D eigenvalue weighted by Crippen LogP contribution is -2.31. The second-order valence-corrected chi connectivity index (χ2v) is 8.55. The Hall–Kier alpha value is -3.58. The number of rotatable bonds is 5. The predicted octanol–water partition coefficient (Wildman–Crippen LogP) is 4.65. The van der Waals surface area contributed by atoms with Crippen LogP contribution in [0.3, 0.4) is 0 Å². The lowest BCUT2D eigenvalue weighted by Gasteiger charge is -2.23. The Bertz CT molecular complexity index is 1290. The molecule has 6 nitrogen and oxygen atoms in total. The first-order valence-corrected chi connectivity index (χ1v) is 11.0. The Morgan fingerprint density at radius 2 is 1.88 bits per heavy atom. The fourth-order valence-corrected chi connectivity index (χ4v) is 4.40. The zero-order valence-electron chi connectivity index (χ0n) is 19.0. The SMILES string of the molecule is COc1cc(-c2cccc(F)c2)cc2c(N3CCC(N(C)C)C3)nc(-c3cccnc3)nc12. The lowest BCUT2D eigenvalue weighted by molar-refractivity contribution is 0.315. The minimum absolute atomic E-state index is 0.275. The highest BCUT2D eigenvalue weighted by Crippen LogP contribution is 2.38. The van der Waals surface area contributed by atoms with Crippen LogP contribution in [0.15, 0.2) is 60.9 Å². The maximum atomic E-state index is 14.0. The van der Waals surface area contributed by atoms with Gasteiger partial charge in [-0.3, -0.25) is 4.98 Å². The van der Waals surface area contributed by atoms with Crippen LogP contribution in [0, 0.1) is 5.82 Å². The van der Waals surface area contributed by atoms with Gasteiger partial charge in [-0.25, -0.2) is 14.4 Å². The summed E-state index contributed by atoms with van der Waals surface area (Å²) in [6.07, 6.45) is 4.56. The van der Waals surface area contributed by atoms with Crippen molar-refractivity contribution >= 4 is 16.7 Å². The number of likely N-dealkylation sites (N-methyl/N-ethyl adjacent to an activating group) is 1. The number of ether oxygens (including phenoxy) is 1. The molecule has 1 fully saturated rings. The van der Waals surface area contributed by atoms with Gasteiger partial charge in [-0.1, -0.05) is 12.1 Å². The van der Waals surface area contributed by atoms with E-state index in [2.05, 4.69) is 28.9 Å². The molecule has 0 radical (unpaired) electrons. The number of hydrogen-bond acceptors (Lipinski definition) is 6. The number of aromatic nitrogens is 3. The summed E-state index contributed by atoms with van der Waals surface area (Å²) < 4.78 is 19.7. The minimum Gasteiger partial charge on any atom is -0.494 e. The van der Waals surface area contributed by atoms with Crippen LogP contribution in [0.5, 0.6) is 5.75 Å². The molecule has 1 aliphatic rings. The quantitative estimate of drug-likeness (QED) is 0.448. The number of benzene rings is 2. The van der Waals surface area contributed by atoms with E-state index in [0.717, 1.165) is 52.9 Å². The molecule has 1 unspecified atom stereocenters. The number of halogens is 1. The molecule has 1 atom stereocenters. The van der Waals surface area contributed by atoms with Crippen LogP contribution < -0.4 is 9.64 Å². The second-order valence-electron chi connectivity index (χ2n) is 8.55. The van der Waals surface area contributed by atoms with Crippen molar-refractivity contribution in [3.05, 3.63) is 66.7 Å². The van der Waals surface area contributed by atoms with E-state index >= 15 is 0 Å². The molecule has 0 spiro atoms. The molecule has 2 aromatic carbocycles. The third-order valence-electron chi connectivity index (χ3n) is 6.24. The van der Waals surface area contributed by atoms with Gasteiger partial charge < -0.3 is 14.5 Å².